The quantitative estimate of drug-likeness (QED) is 0.224. The highest BCUT2D eigenvalue weighted by Crippen LogP contribution is 2.20. The summed E-state index contributed by atoms with van der Waals surface area (Å²) in [4.78, 5) is 15.5. The van der Waals surface area contributed by atoms with Crippen LogP contribution in [0.5, 0.6) is 0 Å². The lowest BCUT2D eigenvalue weighted by molar-refractivity contribution is -0.155. The Balaban J connectivity index is 1.98. The molecule has 0 fully saturated rings. The van der Waals surface area contributed by atoms with Gasteiger partial charge in [0.15, 0.2) is 0 Å². The average molecular weight is 435 g/mol. The zero-order valence-corrected chi connectivity index (χ0v) is 16.4. The van der Waals surface area contributed by atoms with Crippen LogP contribution < -0.4 is 11.1 Å². The number of aliphatic hydroxyl groups is 4. The normalized spacial score (nSPS) is 12.8. The molecular weight excluding hydrogens is 416 g/mol. The first kappa shape index (κ1) is 23.0. The number of carbonyl (C=O) groups is 1. The van der Waals surface area contributed by atoms with Crippen LogP contribution in [0.2, 0.25) is 5.02 Å². The van der Waals surface area contributed by atoms with Gasteiger partial charge in [-0.05, 0) is 36.8 Å². The number of amides is 1. The van der Waals surface area contributed by atoms with Gasteiger partial charge in [-0.2, -0.15) is 10.4 Å². The number of nitriles is 1. The molecule has 0 atom stereocenters. The van der Waals surface area contributed by atoms with E-state index in [0.29, 0.717) is 5.56 Å². The van der Waals surface area contributed by atoms with Gasteiger partial charge in [0.1, 0.15) is 11.8 Å². The third-order valence-electron chi connectivity index (χ3n) is 3.77. The number of hydrogen-bond donors (Lipinski definition) is 7. The third kappa shape index (κ3) is 6.11. The Hall–Kier alpha value is -3.27. The molecule has 0 aliphatic carbocycles. The second-order valence-electron chi connectivity index (χ2n) is 6.35. The van der Waals surface area contributed by atoms with Crippen molar-refractivity contribution in [2.45, 2.75) is 18.6 Å². The summed E-state index contributed by atoms with van der Waals surface area (Å²) < 4.78 is 0. The van der Waals surface area contributed by atoms with Gasteiger partial charge in [0, 0.05) is 11.9 Å². The number of hydrogen-bond acceptors (Lipinski definition) is 9. The van der Waals surface area contributed by atoms with Crippen molar-refractivity contribution >= 4 is 29.4 Å². The summed E-state index contributed by atoms with van der Waals surface area (Å²) >= 11 is 5.93. The number of aromatic amines is 1. The van der Waals surface area contributed by atoms with Crippen molar-refractivity contribution in [3.63, 3.8) is 0 Å². The maximum absolute atomic E-state index is 12.0. The van der Waals surface area contributed by atoms with Crippen molar-refractivity contribution in [1.29, 1.82) is 5.26 Å². The number of nitrogens with zero attached hydrogens (tertiary/aromatic N) is 3. The fourth-order valence-corrected chi connectivity index (χ4v) is 2.36. The molecule has 0 unspecified atom stereocenters. The van der Waals surface area contributed by atoms with Gasteiger partial charge in [-0.1, -0.05) is 17.7 Å². The Morgan fingerprint density at radius 3 is 2.67 bits per heavy atom. The van der Waals surface area contributed by atoms with Gasteiger partial charge < -0.3 is 31.5 Å². The molecule has 2 aromatic rings. The van der Waals surface area contributed by atoms with E-state index in [2.05, 4.69) is 20.5 Å². The van der Waals surface area contributed by atoms with Gasteiger partial charge in [-0.3, -0.25) is 9.89 Å². The number of halogens is 1. The van der Waals surface area contributed by atoms with Gasteiger partial charge in [0.05, 0.1) is 22.8 Å². The molecule has 0 bridgehead atoms. The minimum absolute atomic E-state index is 0.117. The summed E-state index contributed by atoms with van der Waals surface area (Å²) in [5, 5.41) is 55.7. The maximum Gasteiger partial charge on any atom is 0.282 e. The monoisotopic (exact) mass is 434 g/mol. The molecule has 0 saturated heterocycles. The molecule has 12 heteroatoms. The molecule has 0 aliphatic heterocycles. The maximum atomic E-state index is 12.0. The summed E-state index contributed by atoms with van der Waals surface area (Å²) in [6, 6.07) is 7.55. The first-order valence-corrected chi connectivity index (χ1v) is 8.75. The minimum atomic E-state index is -2.64. The molecular formula is C18H19ClN6O5. The summed E-state index contributed by atoms with van der Waals surface area (Å²) in [6.45, 7) is 0.394. The van der Waals surface area contributed by atoms with Crippen LogP contribution >= 0.6 is 11.6 Å². The first-order valence-electron chi connectivity index (χ1n) is 8.37. The number of rotatable bonds is 7. The Labute approximate surface area is 175 Å². The zero-order chi connectivity index (χ0) is 22.5. The molecule has 8 N–H and O–H groups in total. The number of H-pyrrole nitrogens is 1. The number of allylic oxidation sites excluding steroid dienone is 1. The molecule has 0 aliphatic rings. The highest BCUT2D eigenvalue weighted by atomic mass is 35.5. The van der Waals surface area contributed by atoms with E-state index in [4.69, 9.17) is 22.6 Å². The van der Waals surface area contributed by atoms with Crippen molar-refractivity contribution in [3.8, 4) is 6.07 Å². The molecule has 30 heavy (non-hydrogen) atoms. The van der Waals surface area contributed by atoms with Crippen LogP contribution in [0.4, 0.5) is 0 Å². The number of aliphatic imine (C=N–C) groups is 1. The standard InChI is InChI=1S/C18H19ClN6O5/c1-17(27,28)15-7-14(24-25-15)16(26)22-9-18(29,30)23-5-4-13(21)10-2-3-11(8-20)12(19)6-10/h2-7,27-30H,9,21H2,1H3,(H,22,26)(H,24,25)/b13-4-,23-5+. The van der Waals surface area contributed by atoms with E-state index >= 15 is 0 Å². The molecule has 0 saturated carbocycles. The number of benzene rings is 1. The molecule has 158 valence electrons. The predicted molar refractivity (Wildman–Crippen MR) is 107 cm³/mol. The van der Waals surface area contributed by atoms with Crippen molar-refractivity contribution in [2.75, 3.05) is 6.54 Å². The van der Waals surface area contributed by atoms with Crippen LogP contribution in [-0.2, 0) is 5.79 Å². The largest absolute Gasteiger partial charge is 0.398 e. The van der Waals surface area contributed by atoms with Crippen LogP contribution in [0.1, 0.15) is 34.2 Å². The Bertz CT molecular complexity index is 1030. The van der Waals surface area contributed by atoms with E-state index in [1.54, 1.807) is 6.07 Å². The van der Waals surface area contributed by atoms with Crippen LogP contribution in [0, 0.1) is 11.3 Å². The van der Waals surface area contributed by atoms with Gasteiger partial charge in [0.25, 0.3) is 11.8 Å². The van der Waals surface area contributed by atoms with Gasteiger partial charge in [-0.25, -0.2) is 4.99 Å². The van der Waals surface area contributed by atoms with E-state index in [-0.39, 0.29) is 27.7 Å². The molecule has 1 aromatic carbocycles. The van der Waals surface area contributed by atoms with E-state index in [1.165, 1.54) is 18.2 Å². The number of nitrogens with two attached hydrogens (primary N) is 1. The predicted octanol–water partition coefficient (Wildman–Crippen LogP) is -0.469. The van der Waals surface area contributed by atoms with E-state index in [9.17, 15) is 25.2 Å². The summed E-state index contributed by atoms with van der Waals surface area (Å²) in [5.41, 5.74) is 6.53. The Morgan fingerprint density at radius 1 is 1.40 bits per heavy atom. The minimum Gasteiger partial charge on any atom is -0.398 e. The molecule has 1 amide bonds. The lowest BCUT2D eigenvalue weighted by atomic mass is 10.1. The third-order valence-corrected chi connectivity index (χ3v) is 4.08. The molecule has 11 nitrogen and oxygen atoms in total. The number of aromatic nitrogens is 2. The molecule has 0 spiro atoms. The second kappa shape index (κ2) is 9.04. The van der Waals surface area contributed by atoms with Crippen LogP contribution in [0.25, 0.3) is 5.70 Å². The summed E-state index contributed by atoms with van der Waals surface area (Å²) in [5.74, 6) is -5.65. The van der Waals surface area contributed by atoms with Crippen LogP contribution in [0.15, 0.2) is 35.3 Å². The Kier molecular flexibility index (Phi) is 6.93. The van der Waals surface area contributed by atoms with Crippen molar-refractivity contribution < 1.29 is 25.2 Å². The van der Waals surface area contributed by atoms with Gasteiger partial charge >= 0.3 is 0 Å². The fourth-order valence-electron chi connectivity index (χ4n) is 2.13. The molecule has 1 heterocycles. The van der Waals surface area contributed by atoms with E-state index in [1.807, 2.05) is 6.07 Å². The highest BCUT2D eigenvalue weighted by molar-refractivity contribution is 6.31. The van der Waals surface area contributed by atoms with E-state index in [0.717, 1.165) is 19.2 Å². The SMILES string of the molecule is CC(O)(O)c1cc(C(=O)NCC(O)(O)/N=C/C=C(\N)c2ccc(C#N)c(Cl)c2)n[nH]1. The molecule has 1 aromatic heterocycles. The molecule has 0 radical (unpaired) electrons. The smallest absolute Gasteiger partial charge is 0.282 e. The van der Waals surface area contributed by atoms with Gasteiger partial charge in [-0.15, -0.1) is 0 Å². The van der Waals surface area contributed by atoms with Crippen molar-refractivity contribution in [1.82, 2.24) is 15.5 Å². The van der Waals surface area contributed by atoms with Gasteiger partial charge in [0.2, 0.25) is 5.79 Å². The fraction of sp³-hybridized carbons (Fsp3) is 0.222. The topological polar surface area (TPSA) is 201 Å². The van der Waals surface area contributed by atoms with Crippen molar-refractivity contribution in [3.05, 3.63) is 57.9 Å². The summed E-state index contributed by atoms with van der Waals surface area (Å²) in [7, 11) is 0. The number of nitrogens with one attached hydrogen (secondary N) is 2. The average Bonchev–Trinajstić information content (AvgIpc) is 3.16. The summed E-state index contributed by atoms with van der Waals surface area (Å²) in [6.07, 6.45) is 2.31. The first-order chi connectivity index (χ1) is 13.9. The van der Waals surface area contributed by atoms with Crippen molar-refractivity contribution in [2.24, 2.45) is 10.7 Å². The van der Waals surface area contributed by atoms with Crippen LogP contribution in [0.3, 0.4) is 0 Å². The second-order valence-corrected chi connectivity index (χ2v) is 6.76. The number of carbonyl (C=O) groups excluding carboxylic acids is 1. The zero-order valence-electron chi connectivity index (χ0n) is 15.7. The Morgan fingerprint density at radius 2 is 2.10 bits per heavy atom. The van der Waals surface area contributed by atoms with E-state index < -0.39 is 24.2 Å². The lowest BCUT2D eigenvalue weighted by Crippen LogP contribution is -2.41. The lowest BCUT2D eigenvalue weighted by Gasteiger charge is -2.16. The highest BCUT2D eigenvalue weighted by Gasteiger charge is 2.25. The van der Waals surface area contributed by atoms with Crippen LogP contribution in [-0.4, -0.2) is 55.2 Å². The molecule has 2 rings (SSSR count).